The predicted molar refractivity (Wildman–Crippen MR) is 75.5 cm³/mol. The number of nitrogens with zero attached hydrogens (tertiary/aromatic N) is 3. The standard InChI is InChI=1S/C14H23N3O2/c1-11-7-13(8-12(2)15-11)17-5-3-16(4-6-17)9-14(19)10-18/h7-8,14,18-19H,3-6,9-10H2,1-2H3/t14-/m1/s1. The molecule has 0 radical (unpaired) electrons. The quantitative estimate of drug-likeness (QED) is 0.813. The molecule has 1 aromatic rings. The maximum Gasteiger partial charge on any atom is 0.0897 e. The Balaban J connectivity index is 1.92. The van der Waals surface area contributed by atoms with E-state index < -0.39 is 6.10 Å². The molecule has 0 aromatic carbocycles. The van der Waals surface area contributed by atoms with Crippen molar-refractivity contribution in [2.24, 2.45) is 0 Å². The van der Waals surface area contributed by atoms with Crippen molar-refractivity contribution in [3.8, 4) is 0 Å². The summed E-state index contributed by atoms with van der Waals surface area (Å²) in [5.41, 5.74) is 3.33. The molecule has 2 N–H and O–H groups in total. The molecule has 2 heterocycles. The van der Waals surface area contributed by atoms with Gasteiger partial charge in [0.25, 0.3) is 0 Å². The Hall–Kier alpha value is -1.17. The van der Waals surface area contributed by atoms with Crippen LogP contribution in [0.5, 0.6) is 0 Å². The Kier molecular flexibility index (Phi) is 4.74. The monoisotopic (exact) mass is 265 g/mol. The summed E-state index contributed by atoms with van der Waals surface area (Å²) < 4.78 is 0. The van der Waals surface area contributed by atoms with Gasteiger partial charge < -0.3 is 15.1 Å². The van der Waals surface area contributed by atoms with Crippen molar-refractivity contribution in [3.05, 3.63) is 23.5 Å². The third kappa shape index (κ3) is 3.89. The summed E-state index contributed by atoms with van der Waals surface area (Å²) in [6, 6.07) is 4.23. The van der Waals surface area contributed by atoms with Gasteiger partial charge in [0, 0.05) is 49.8 Å². The van der Waals surface area contributed by atoms with Gasteiger partial charge in [-0.15, -0.1) is 0 Å². The smallest absolute Gasteiger partial charge is 0.0897 e. The van der Waals surface area contributed by atoms with Crippen LogP contribution >= 0.6 is 0 Å². The lowest BCUT2D eigenvalue weighted by Crippen LogP contribution is -2.49. The molecule has 0 aliphatic carbocycles. The van der Waals surface area contributed by atoms with E-state index in [1.54, 1.807) is 0 Å². The predicted octanol–water partition coefficient (Wildman–Crippen LogP) is 0.174. The highest BCUT2D eigenvalue weighted by atomic mass is 16.3. The number of aryl methyl sites for hydroxylation is 2. The molecule has 0 spiro atoms. The van der Waals surface area contributed by atoms with Gasteiger partial charge in [0.1, 0.15) is 0 Å². The van der Waals surface area contributed by atoms with Gasteiger partial charge in [-0.05, 0) is 26.0 Å². The molecule has 1 atom stereocenters. The van der Waals surface area contributed by atoms with Crippen molar-refractivity contribution >= 4 is 5.69 Å². The van der Waals surface area contributed by atoms with Gasteiger partial charge in [-0.3, -0.25) is 9.88 Å². The molecule has 1 aliphatic heterocycles. The Morgan fingerprint density at radius 2 is 1.74 bits per heavy atom. The zero-order chi connectivity index (χ0) is 13.8. The Labute approximate surface area is 114 Å². The first-order chi connectivity index (χ1) is 9.08. The van der Waals surface area contributed by atoms with E-state index in [-0.39, 0.29) is 6.61 Å². The lowest BCUT2D eigenvalue weighted by Gasteiger charge is -2.36. The lowest BCUT2D eigenvalue weighted by molar-refractivity contribution is 0.0575. The van der Waals surface area contributed by atoms with Crippen LogP contribution in [0, 0.1) is 13.8 Å². The number of aromatic nitrogens is 1. The fraction of sp³-hybridized carbons (Fsp3) is 0.643. The normalized spacial score (nSPS) is 18.6. The van der Waals surface area contributed by atoms with E-state index in [4.69, 9.17) is 5.11 Å². The highest BCUT2D eigenvalue weighted by molar-refractivity contribution is 5.48. The van der Waals surface area contributed by atoms with Crippen LogP contribution in [0.25, 0.3) is 0 Å². The van der Waals surface area contributed by atoms with Crippen molar-refractivity contribution in [1.82, 2.24) is 9.88 Å². The number of piperazine rings is 1. The minimum atomic E-state index is -0.628. The lowest BCUT2D eigenvalue weighted by atomic mass is 10.2. The SMILES string of the molecule is Cc1cc(N2CCN(C[C@@H](O)CO)CC2)cc(C)n1. The summed E-state index contributed by atoms with van der Waals surface area (Å²) >= 11 is 0. The highest BCUT2D eigenvalue weighted by Crippen LogP contribution is 2.18. The van der Waals surface area contributed by atoms with Crippen molar-refractivity contribution in [2.45, 2.75) is 20.0 Å². The van der Waals surface area contributed by atoms with Crippen molar-refractivity contribution < 1.29 is 10.2 Å². The largest absolute Gasteiger partial charge is 0.394 e. The van der Waals surface area contributed by atoms with Crippen molar-refractivity contribution in [2.75, 3.05) is 44.2 Å². The second-order valence-electron chi connectivity index (χ2n) is 5.23. The molecule has 0 amide bonds. The van der Waals surface area contributed by atoms with Gasteiger partial charge in [0.2, 0.25) is 0 Å². The van der Waals surface area contributed by atoms with Crippen molar-refractivity contribution in [1.29, 1.82) is 0 Å². The first kappa shape index (κ1) is 14.2. The molecule has 0 unspecified atom stereocenters. The van der Waals surface area contributed by atoms with Crippen LogP contribution in [-0.4, -0.2) is 65.5 Å². The fourth-order valence-corrected chi connectivity index (χ4v) is 2.54. The van der Waals surface area contributed by atoms with E-state index in [2.05, 4.69) is 26.9 Å². The molecule has 0 saturated carbocycles. The number of hydrogen-bond acceptors (Lipinski definition) is 5. The Bertz CT molecular complexity index is 397. The fourth-order valence-electron chi connectivity index (χ4n) is 2.54. The molecule has 1 aliphatic rings. The molecule has 106 valence electrons. The van der Waals surface area contributed by atoms with Gasteiger partial charge in [0.15, 0.2) is 0 Å². The van der Waals surface area contributed by atoms with E-state index >= 15 is 0 Å². The van der Waals surface area contributed by atoms with Crippen LogP contribution in [0.4, 0.5) is 5.69 Å². The van der Waals surface area contributed by atoms with Gasteiger partial charge in [0.05, 0.1) is 12.7 Å². The van der Waals surface area contributed by atoms with Gasteiger partial charge in [-0.25, -0.2) is 0 Å². The van der Waals surface area contributed by atoms with E-state index in [9.17, 15) is 5.11 Å². The number of aliphatic hydroxyl groups is 2. The molecule has 19 heavy (non-hydrogen) atoms. The maximum absolute atomic E-state index is 9.45. The second-order valence-corrected chi connectivity index (χ2v) is 5.23. The topological polar surface area (TPSA) is 59.8 Å². The molecule has 0 bridgehead atoms. The van der Waals surface area contributed by atoms with E-state index in [0.29, 0.717) is 6.54 Å². The second kappa shape index (κ2) is 6.32. The zero-order valence-corrected chi connectivity index (χ0v) is 11.7. The van der Waals surface area contributed by atoms with Crippen LogP contribution in [0.15, 0.2) is 12.1 Å². The van der Waals surface area contributed by atoms with Crippen LogP contribution in [0.2, 0.25) is 0 Å². The molecule has 1 saturated heterocycles. The summed E-state index contributed by atoms with van der Waals surface area (Å²) in [6.07, 6.45) is -0.628. The first-order valence-corrected chi connectivity index (χ1v) is 6.80. The Morgan fingerprint density at radius 3 is 2.26 bits per heavy atom. The zero-order valence-electron chi connectivity index (χ0n) is 11.7. The minimum absolute atomic E-state index is 0.164. The molecule has 2 rings (SSSR count). The van der Waals surface area contributed by atoms with Gasteiger partial charge >= 0.3 is 0 Å². The molecule has 5 nitrogen and oxygen atoms in total. The average Bonchev–Trinajstić information content (AvgIpc) is 2.38. The number of rotatable bonds is 4. The van der Waals surface area contributed by atoms with E-state index in [1.165, 1.54) is 5.69 Å². The van der Waals surface area contributed by atoms with Crippen LogP contribution in [0.3, 0.4) is 0 Å². The maximum atomic E-state index is 9.45. The number of pyridine rings is 1. The van der Waals surface area contributed by atoms with Gasteiger partial charge in [-0.1, -0.05) is 0 Å². The number of aliphatic hydroxyl groups excluding tert-OH is 2. The number of β-amino-alcohol motifs (C(OH)–C–C–N with tert-alkyl or cyclic N) is 1. The van der Waals surface area contributed by atoms with E-state index in [1.807, 2.05) is 13.8 Å². The summed E-state index contributed by atoms with van der Waals surface area (Å²) in [5, 5.41) is 18.3. The summed E-state index contributed by atoms with van der Waals surface area (Å²) in [6.45, 7) is 8.15. The summed E-state index contributed by atoms with van der Waals surface area (Å²) in [7, 11) is 0. The molecular formula is C14H23N3O2. The van der Waals surface area contributed by atoms with E-state index in [0.717, 1.165) is 37.6 Å². The Morgan fingerprint density at radius 1 is 1.16 bits per heavy atom. The third-order valence-corrected chi connectivity index (χ3v) is 3.48. The molecule has 5 heteroatoms. The molecule has 1 aromatic heterocycles. The first-order valence-electron chi connectivity index (χ1n) is 6.80. The molecular weight excluding hydrogens is 242 g/mol. The van der Waals surface area contributed by atoms with Crippen LogP contribution in [-0.2, 0) is 0 Å². The van der Waals surface area contributed by atoms with Crippen LogP contribution < -0.4 is 4.90 Å². The van der Waals surface area contributed by atoms with Crippen molar-refractivity contribution in [3.63, 3.8) is 0 Å². The van der Waals surface area contributed by atoms with Gasteiger partial charge in [-0.2, -0.15) is 0 Å². The summed E-state index contributed by atoms with van der Waals surface area (Å²) in [5.74, 6) is 0. The minimum Gasteiger partial charge on any atom is -0.394 e. The number of hydrogen-bond donors (Lipinski definition) is 2. The average molecular weight is 265 g/mol. The van der Waals surface area contributed by atoms with Crippen LogP contribution in [0.1, 0.15) is 11.4 Å². The highest BCUT2D eigenvalue weighted by Gasteiger charge is 2.19. The molecule has 1 fully saturated rings. The number of anilines is 1. The summed E-state index contributed by atoms with van der Waals surface area (Å²) in [4.78, 5) is 8.94. The third-order valence-electron chi connectivity index (χ3n) is 3.48.